The fourth-order valence-electron chi connectivity index (χ4n) is 12.7. The minimum atomic E-state index is -4.95. The average molecular weight is 1610 g/mol. The number of aromatic amines is 3. The van der Waals surface area contributed by atoms with Crippen molar-refractivity contribution in [2.24, 2.45) is 22.9 Å². The van der Waals surface area contributed by atoms with Crippen molar-refractivity contribution in [2.45, 2.75) is 169 Å². The fourth-order valence-corrected chi connectivity index (χ4v) is 13.1. The molecule has 113 heavy (non-hydrogen) atoms. The Kier molecular flexibility index (Phi) is 32.0. The number of aliphatic carboxylic acids is 2. The Morgan fingerprint density at radius 2 is 0.973 bits per heavy atom. The number of hydrogen-bond donors (Lipinski definition) is 22. The van der Waals surface area contributed by atoms with Gasteiger partial charge in [0.2, 0.25) is 82.7 Å². The predicted molar refractivity (Wildman–Crippen MR) is 384 cm³/mol. The molecule has 0 spiro atoms. The number of rotatable bonds is 43. The van der Waals surface area contributed by atoms with Crippen LogP contribution in [0.4, 0.5) is 0 Å². The molecule has 1 aromatic carbocycles. The van der Waals surface area contributed by atoms with Gasteiger partial charge < -0.3 is 125 Å². The van der Waals surface area contributed by atoms with Gasteiger partial charge in [-0.1, -0.05) is 12.1 Å². The molecule has 0 saturated carbocycles. The van der Waals surface area contributed by atoms with Gasteiger partial charge in [0.15, 0.2) is 5.96 Å². The SMILES string of the molecule is N=C(N)NCCC[C@H](NC(=O)[C@@H]1CCCN1C(=O)[C@@H]1CCCN1C(=O)[C@H](Cc1c[nH]cn1)NC(=O)[C@H](Cc1c[nH]cn1)NC(=O)CNC(=O)[C@@H]1CCCN1C(=O)[C@H](CC(N)=O)NC(=O)[C@H](CO)NC(=O)[C@H](Cc1ccc(OS(=O)(=O)O)cc1)NC(=O)[C@@H](N)CC(=O)O)C(=O)N[C@@H](Cc1c[nH]cn1)C(=O)N[C@@H](CC(N)=O)C(=O)O. The molecule has 614 valence electrons. The summed E-state index contributed by atoms with van der Waals surface area (Å²) in [5.41, 5.74) is 22.8. The monoisotopic (exact) mass is 1610 g/mol. The van der Waals surface area contributed by atoms with Crippen LogP contribution in [0.25, 0.3) is 0 Å². The summed E-state index contributed by atoms with van der Waals surface area (Å²) in [7, 11) is -4.95. The summed E-state index contributed by atoms with van der Waals surface area (Å²) in [4.78, 5) is 242. The van der Waals surface area contributed by atoms with Crippen LogP contribution < -0.4 is 80.3 Å². The van der Waals surface area contributed by atoms with Crippen molar-refractivity contribution in [3.8, 4) is 5.75 Å². The highest BCUT2D eigenvalue weighted by Crippen LogP contribution is 2.27. The molecular weight excluding hydrogens is 1520 g/mol. The molecule has 48 heteroatoms. The molecule has 12 atom stereocenters. The topological polar surface area (TPSA) is 741 Å². The number of amides is 14. The van der Waals surface area contributed by atoms with Crippen molar-refractivity contribution < 1.29 is 109 Å². The number of guanidine groups is 1. The maximum absolute atomic E-state index is 15.0. The van der Waals surface area contributed by atoms with Gasteiger partial charge in [-0.2, -0.15) is 8.42 Å². The van der Waals surface area contributed by atoms with Crippen LogP contribution in [-0.4, -0.2) is 285 Å². The Labute approximate surface area is 642 Å². The highest BCUT2D eigenvalue weighted by Gasteiger charge is 2.46. The summed E-state index contributed by atoms with van der Waals surface area (Å²) in [6, 6.07) is -14.3. The van der Waals surface area contributed by atoms with Crippen molar-refractivity contribution >= 4 is 111 Å². The smallest absolute Gasteiger partial charge is 0.446 e. The second-order valence-corrected chi connectivity index (χ2v) is 27.6. The van der Waals surface area contributed by atoms with Crippen molar-refractivity contribution in [1.29, 1.82) is 5.41 Å². The minimum Gasteiger partial charge on any atom is -0.481 e. The van der Waals surface area contributed by atoms with Crippen molar-refractivity contribution in [1.82, 2.24) is 97.8 Å². The molecule has 14 amide bonds. The summed E-state index contributed by atoms with van der Waals surface area (Å²) in [6.45, 7) is -2.15. The van der Waals surface area contributed by atoms with E-state index < -0.39 is 222 Å². The molecule has 0 unspecified atom stereocenters. The van der Waals surface area contributed by atoms with Crippen molar-refractivity contribution in [3.63, 3.8) is 0 Å². The number of carbonyl (C=O) groups excluding carboxylic acids is 14. The highest BCUT2D eigenvalue weighted by molar-refractivity contribution is 7.81. The normalized spacial score (nSPS) is 17.7. The molecule has 3 fully saturated rings. The van der Waals surface area contributed by atoms with E-state index in [1.54, 1.807) is 0 Å². The van der Waals surface area contributed by atoms with Gasteiger partial charge in [-0.25, -0.2) is 19.7 Å². The van der Waals surface area contributed by atoms with Gasteiger partial charge in [-0.05, 0) is 69.1 Å². The molecule has 4 aromatic rings. The van der Waals surface area contributed by atoms with E-state index in [4.69, 9.17) is 32.9 Å². The van der Waals surface area contributed by atoms with E-state index in [2.05, 4.69) is 87.3 Å². The van der Waals surface area contributed by atoms with Crippen molar-refractivity contribution in [3.05, 3.63) is 84.5 Å². The predicted octanol–water partition coefficient (Wildman–Crippen LogP) is -9.83. The lowest BCUT2D eigenvalue weighted by atomic mass is 10.0. The van der Waals surface area contributed by atoms with Gasteiger partial charge in [0, 0.05) is 70.5 Å². The zero-order chi connectivity index (χ0) is 82.8. The van der Waals surface area contributed by atoms with Crippen LogP contribution in [0.15, 0.2) is 61.8 Å². The number of aromatic nitrogens is 6. The quantitative estimate of drug-likeness (QED) is 0.00847. The number of hydrogen-bond acceptors (Lipinski definition) is 25. The Bertz CT molecular complexity index is 4210. The van der Waals surface area contributed by atoms with Crippen LogP contribution in [0.2, 0.25) is 0 Å². The zero-order valence-corrected chi connectivity index (χ0v) is 61.3. The molecule has 6 heterocycles. The van der Waals surface area contributed by atoms with Crippen LogP contribution in [0.3, 0.4) is 0 Å². The summed E-state index contributed by atoms with van der Waals surface area (Å²) in [6.07, 6.45) is 5.00. The number of nitrogens with zero attached hydrogens (tertiary/aromatic N) is 6. The standard InChI is InChI=1S/C65H90N24O23S/c66-37(21-52(94)95)53(96)81-39(17-32-9-11-36(12-10-32)112-113(109,110)111)55(98)86-45(28-90)58(101)84-43(22-49(67)91)62(105)87-14-2-6-46(87)59(102)75-27-51(93)79-40(18-33-24-71-29-76-33)56(99)83-42(20-35-26-73-31-78-35)61(104)89-16-4-8-48(89)63(106)88-15-3-7-47(88)60(103)80-38(5-1-13-74-65(69)70)54(97)82-41(19-34-25-72-30-77-34)57(100)85-44(64(107)108)23-50(68)92/h9-12,24-26,29-31,37-48,90H,1-8,13-23,27-28,66H2,(H2,67,91)(H2,68,92)(H,71,76)(H,72,77)(H,73,78)(H,75,102)(H,79,93)(H,80,103)(H,81,96)(H,82,97)(H,83,99)(H,84,101)(H,85,100)(H,86,98)(H,94,95)(H,107,108)(H4,69,70,74)(H,109,110,111)/t37-,38-,39-,40-,41-,42-,43-,44-,45-,46-,47-,48-/m0/s1. The van der Waals surface area contributed by atoms with Gasteiger partial charge >= 0.3 is 22.3 Å². The number of carboxylic acids is 2. The number of H-pyrrole nitrogens is 3. The van der Waals surface area contributed by atoms with Crippen LogP contribution in [0, 0.1) is 5.41 Å². The van der Waals surface area contributed by atoms with Gasteiger partial charge in [-0.15, -0.1) is 0 Å². The molecular formula is C65H90N24O23S. The first-order chi connectivity index (χ1) is 53.6. The molecule has 7 rings (SSSR count). The number of imidazole rings is 3. The Balaban J connectivity index is 1.01. The lowest BCUT2D eigenvalue weighted by Gasteiger charge is -2.33. The number of carboxylic acid groups (broad SMARTS) is 2. The van der Waals surface area contributed by atoms with Crippen LogP contribution in [0.1, 0.15) is 93.3 Å². The lowest BCUT2D eigenvalue weighted by molar-refractivity contribution is -0.148. The van der Waals surface area contributed by atoms with E-state index in [0.29, 0.717) is 0 Å². The largest absolute Gasteiger partial charge is 0.481 e. The van der Waals surface area contributed by atoms with Crippen LogP contribution in [0.5, 0.6) is 5.75 Å². The van der Waals surface area contributed by atoms with Crippen LogP contribution >= 0.6 is 0 Å². The van der Waals surface area contributed by atoms with E-state index in [1.165, 1.54) is 59.5 Å². The number of primary amides is 2. The molecule has 0 aliphatic carbocycles. The number of likely N-dealkylation sites (tertiary alicyclic amines) is 3. The third-order valence-electron chi connectivity index (χ3n) is 18.1. The number of aliphatic hydroxyl groups is 1. The van der Waals surface area contributed by atoms with Gasteiger partial charge in [0.05, 0.1) is 74.5 Å². The summed E-state index contributed by atoms with van der Waals surface area (Å²) in [5, 5.41) is 61.2. The maximum Gasteiger partial charge on any atom is 0.446 e. The number of nitrogens with one attached hydrogen (secondary N) is 14. The lowest BCUT2D eigenvalue weighted by Crippen LogP contribution is -2.60. The van der Waals surface area contributed by atoms with E-state index in [-0.39, 0.29) is 125 Å². The Morgan fingerprint density at radius 3 is 1.49 bits per heavy atom. The third-order valence-corrected chi connectivity index (χ3v) is 18.5. The highest BCUT2D eigenvalue weighted by atomic mass is 32.3. The molecule has 3 aliphatic heterocycles. The number of carbonyl (C=O) groups is 16. The van der Waals surface area contributed by atoms with E-state index in [1.807, 2.05) is 0 Å². The van der Waals surface area contributed by atoms with Gasteiger partial charge in [0.25, 0.3) is 0 Å². The first kappa shape index (κ1) is 87.5. The van der Waals surface area contributed by atoms with E-state index >= 15 is 4.79 Å². The Morgan fingerprint density at radius 1 is 0.531 bits per heavy atom. The van der Waals surface area contributed by atoms with E-state index in [0.717, 1.165) is 17.0 Å². The second kappa shape index (κ2) is 41.3. The second-order valence-electron chi connectivity index (χ2n) is 26.5. The molecule has 3 aromatic heterocycles. The van der Waals surface area contributed by atoms with Gasteiger partial charge in [-0.3, -0.25) is 81.9 Å². The summed E-state index contributed by atoms with van der Waals surface area (Å²) >= 11 is 0. The summed E-state index contributed by atoms with van der Waals surface area (Å²) < 4.78 is 35.9. The van der Waals surface area contributed by atoms with E-state index in [9.17, 15) is 95.7 Å². The molecule has 3 aliphatic rings. The number of nitrogens with two attached hydrogens (primary N) is 4. The molecule has 0 bridgehead atoms. The zero-order valence-electron chi connectivity index (χ0n) is 60.5. The average Bonchev–Trinajstić information content (AvgIpc) is 1.62. The Hall–Kier alpha value is -12.7. The first-order valence-corrected chi connectivity index (χ1v) is 36.7. The number of benzene rings is 1. The van der Waals surface area contributed by atoms with Crippen molar-refractivity contribution in [2.75, 3.05) is 39.3 Å². The summed E-state index contributed by atoms with van der Waals surface area (Å²) in [5.74, 6) is -17.9. The molecule has 47 nitrogen and oxygen atoms in total. The minimum absolute atomic E-state index is 0.0144. The number of aliphatic hydroxyl groups excluding tert-OH is 1. The molecule has 0 radical (unpaired) electrons. The van der Waals surface area contributed by atoms with Crippen LogP contribution in [-0.2, 0) is 113 Å². The third kappa shape index (κ3) is 26.8. The molecule has 26 N–H and O–H groups in total. The fraction of sp³-hybridized carbons (Fsp3) is 0.508. The van der Waals surface area contributed by atoms with Gasteiger partial charge in [0.1, 0.15) is 72.2 Å². The first-order valence-electron chi connectivity index (χ1n) is 35.3. The molecule has 3 saturated heterocycles. The maximum atomic E-state index is 15.0.